The molecule has 0 radical (unpaired) electrons. The van der Waals surface area contributed by atoms with Crippen molar-refractivity contribution in [3.05, 3.63) is 67.1 Å². The van der Waals surface area contributed by atoms with Crippen LogP contribution in [0.1, 0.15) is 5.56 Å². The van der Waals surface area contributed by atoms with E-state index < -0.39 is 0 Å². The molecule has 0 unspecified atom stereocenters. The van der Waals surface area contributed by atoms with Gasteiger partial charge in [-0.3, -0.25) is 0 Å². The zero-order valence-corrected chi connectivity index (χ0v) is 11.7. The monoisotopic (exact) mass is 348 g/mol. The highest BCUT2D eigenvalue weighted by molar-refractivity contribution is 5.12. The largest absolute Gasteiger partial charge is 1.00 e. The Morgan fingerprint density at radius 1 is 0.812 bits per heavy atom. The first-order chi connectivity index (χ1) is 7.24. The SMILES string of the molecule is Cc1ccc([I+]c2ccc(F)cc2)cc1.[Cl-]. The Bertz CT molecular complexity index is 393. The van der Waals surface area contributed by atoms with Gasteiger partial charge < -0.3 is 12.4 Å². The van der Waals surface area contributed by atoms with E-state index in [1.165, 1.54) is 24.8 Å². The first-order valence-electron chi connectivity index (χ1n) is 4.71. The second-order valence-electron chi connectivity index (χ2n) is 3.33. The summed E-state index contributed by atoms with van der Waals surface area (Å²) >= 11 is -0.164. The normalized spacial score (nSPS) is 9.62. The average molecular weight is 349 g/mol. The second-order valence-corrected chi connectivity index (χ2v) is 6.36. The highest BCUT2D eigenvalue weighted by atomic mass is 127. The van der Waals surface area contributed by atoms with Gasteiger partial charge in [-0.2, -0.15) is 0 Å². The number of hydrogen-bond acceptors (Lipinski definition) is 0. The van der Waals surface area contributed by atoms with Gasteiger partial charge in [-0.1, -0.05) is 17.7 Å². The molecule has 3 heteroatoms. The minimum Gasteiger partial charge on any atom is -1.00 e. The van der Waals surface area contributed by atoms with Crippen LogP contribution in [0, 0.1) is 19.9 Å². The van der Waals surface area contributed by atoms with Crippen LogP contribution in [0.15, 0.2) is 48.5 Å². The van der Waals surface area contributed by atoms with Gasteiger partial charge in [-0.25, -0.2) is 4.39 Å². The van der Waals surface area contributed by atoms with Gasteiger partial charge >= 0.3 is 21.2 Å². The Kier molecular flexibility index (Phi) is 5.22. The highest BCUT2D eigenvalue weighted by Crippen LogP contribution is 1.95. The Morgan fingerprint density at radius 3 is 1.75 bits per heavy atom. The van der Waals surface area contributed by atoms with Crippen molar-refractivity contribution in [1.29, 1.82) is 0 Å². The zero-order valence-electron chi connectivity index (χ0n) is 8.75. The van der Waals surface area contributed by atoms with Crippen LogP contribution in [-0.4, -0.2) is 0 Å². The summed E-state index contributed by atoms with van der Waals surface area (Å²) in [6, 6.07) is 15.4. The van der Waals surface area contributed by atoms with Crippen molar-refractivity contribution >= 4 is 0 Å². The molecule has 16 heavy (non-hydrogen) atoms. The Labute approximate surface area is 112 Å². The zero-order chi connectivity index (χ0) is 10.7. The summed E-state index contributed by atoms with van der Waals surface area (Å²) in [4.78, 5) is 0. The molecule has 0 fully saturated rings. The molecule has 0 aromatic heterocycles. The van der Waals surface area contributed by atoms with Gasteiger partial charge in [0.15, 0.2) is 7.14 Å². The van der Waals surface area contributed by atoms with E-state index in [0.717, 1.165) is 0 Å². The van der Waals surface area contributed by atoms with E-state index >= 15 is 0 Å². The fourth-order valence-corrected chi connectivity index (χ4v) is 3.37. The van der Waals surface area contributed by atoms with Crippen molar-refractivity contribution in [2.45, 2.75) is 6.92 Å². The van der Waals surface area contributed by atoms with Crippen LogP contribution in [0.2, 0.25) is 0 Å². The van der Waals surface area contributed by atoms with Crippen LogP contribution in [0.5, 0.6) is 0 Å². The van der Waals surface area contributed by atoms with E-state index in [2.05, 4.69) is 31.2 Å². The predicted molar refractivity (Wildman–Crippen MR) is 55.0 cm³/mol. The first kappa shape index (κ1) is 13.5. The molecular weight excluding hydrogens is 337 g/mol. The summed E-state index contributed by atoms with van der Waals surface area (Å²) in [6.07, 6.45) is 0. The van der Waals surface area contributed by atoms with Crippen LogP contribution in [0.3, 0.4) is 0 Å². The van der Waals surface area contributed by atoms with Crippen molar-refractivity contribution in [3.8, 4) is 0 Å². The van der Waals surface area contributed by atoms with Crippen LogP contribution in [0.25, 0.3) is 0 Å². The van der Waals surface area contributed by atoms with E-state index in [4.69, 9.17) is 0 Å². The maximum Gasteiger partial charge on any atom is 0.357 e. The van der Waals surface area contributed by atoms with Crippen molar-refractivity contribution in [2.24, 2.45) is 0 Å². The number of hydrogen-bond donors (Lipinski definition) is 0. The lowest BCUT2D eigenvalue weighted by molar-refractivity contribution is -0.597. The molecule has 0 heterocycles. The van der Waals surface area contributed by atoms with Crippen molar-refractivity contribution < 1.29 is 38.0 Å². The third-order valence-electron chi connectivity index (χ3n) is 2.03. The topological polar surface area (TPSA) is 0 Å². The summed E-state index contributed by atoms with van der Waals surface area (Å²) in [5.41, 5.74) is 1.28. The van der Waals surface area contributed by atoms with Gasteiger partial charge in [0.2, 0.25) is 0 Å². The molecule has 0 amide bonds. The third-order valence-corrected chi connectivity index (χ3v) is 4.72. The molecule has 0 atom stereocenters. The Balaban J connectivity index is 0.00000128. The van der Waals surface area contributed by atoms with Crippen LogP contribution in [0.4, 0.5) is 4.39 Å². The summed E-state index contributed by atoms with van der Waals surface area (Å²) in [5, 5.41) is 0. The van der Waals surface area contributed by atoms with Gasteiger partial charge in [0.1, 0.15) is 5.82 Å². The standard InChI is InChI=1S/C13H11FI.ClH/c1-10-2-6-12(7-3-10)15-13-8-4-11(14)5-9-13;/h2-9H,1H3;1H/q+1;/p-1. The quantitative estimate of drug-likeness (QED) is 0.517. The lowest BCUT2D eigenvalue weighted by Gasteiger charge is -1.89. The molecule has 0 aliphatic heterocycles. The van der Waals surface area contributed by atoms with E-state index in [-0.39, 0.29) is 39.4 Å². The molecule has 0 saturated carbocycles. The maximum absolute atomic E-state index is 12.7. The van der Waals surface area contributed by atoms with Gasteiger partial charge in [0.05, 0.1) is 0 Å². The van der Waals surface area contributed by atoms with Gasteiger partial charge in [-0.05, 0) is 43.3 Å². The Morgan fingerprint density at radius 2 is 1.25 bits per heavy atom. The second kappa shape index (κ2) is 6.21. The maximum atomic E-state index is 12.7. The van der Waals surface area contributed by atoms with Crippen molar-refractivity contribution in [1.82, 2.24) is 0 Å². The first-order valence-corrected chi connectivity index (χ1v) is 6.87. The van der Waals surface area contributed by atoms with Crippen LogP contribution >= 0.6 is 0 Å². The molecule has 0 bridgehead atoms. The number of aryl methyl sites for hydroxylation is 1. The molecular formula is C13H11ClFI. The van der Waals surface area contributed by atoms with E-state index in [1.54, 1.807) is 0 Å². The molecule has 84 valence electrons. The van der Waals surface area contributed by atoms with E-state index in [0.29, 0.717) is 0 Å². The molecule has 2 aromatic carbocycles. The average Bonchev–Trinajstić information content (AvgIpc) is 2.25. The van der Waals surface area contributed by atoms with Gasteiger partial charge in [0, 0.05) is 0 Å². The molecule has 2 aromatic rings. The number of rotatable bonds is 2. The Hall–Kier alpha value is -0.610. The van der Waals surface area contributed by atoms with Crippen molar-refractivity contribution in [2.75, 3.05) is 0 Å². The summed E-state index contributed by atoms with van der Waals surface area (Å²) in [5.74, 6) is -0.160. The van der Waals surface area contributed by atoms with Gasteiger partial charge in [0.25, 0.3) is 0 Å². The smallest absolute Gasteiger partial charge is 0.357 e. The minimum absolute atomic E-state index is 0. The summed E-state index contributed by atoms with van der Waals surface area (Å²) < 4.78 is 15.3. The van der Waals surface area contributed by atoms with Crippen LogP contribution < -0.4 is 33.6 Å². The van der Waals surface area contributed by atoms with E-state index in [9.17, 15) is 4.39 Å². The molecule has 0 N–H and O–H groups in total. The van der Waals surface area contributed by atoms with Crippen LogP contribution in [-0.2, 0) is 0 Å². The number of benzene rings is 2. The molecule has 2 rings (SSSR count). The fraction of sp³-hybridized carbons (Fsp3) is 0.0769. The molecule has 0 saturated heterocycles. The summed E-state index contributed by atoms with van der Waals surface area (Å²) in [6.45, 7) is 2.08. The van der Waals surface area contributed by atoms with E-state index in [1.807, 2.05) is 12.1 Å². The fourth-order valence-electron chi connectivity index (χ4n) is 1.21. The lowest BCUT2D eigenvalue weighted by Crippen LogP contribution is -3.61. The molecule has 0 spiro atoms. The third kappa shape index (κ3) is 3.76. The lowest BCUT2D eigenvalue weighted by atomic mass is 10.2. The van der Waals surface area contributed by atoms with Crippen molar-refractivity contribution in [3.63, 3.8) is 0 Å². The molecule has 0 aliphatic rings. The van der Waals surface area contributed by atoms with Gasteiger partial charge in [-0.15, -0.1) is 0 Å². The molecule has 0 aliphatic carbocycles. The predicted octanol–water partition coefficient (Wildman–Crippen LogP) is -2.73. The molecule has 0 nitrogen and oxygen atoms in total. The highest BCUT2D eigenvalue weighted by Gasteiger charge is 2.14. The minimum atomic E-state index is -0.164. The number of halogens is 3. The summed E-state index contributed by atoms with van der Waals surface area (Å²) in [7, 11) is 0.